The van der Waals surface area contributed by atoms with E-state index in [4.69, 9.17) is 10.6 Å². The molecule has 1 heterocycles. The molecular weight excluding hydrogens is 227 g/mol. The van der Waals surface area contributed by atoms with E-state index >= 15 is 0 Å². The molecule has 0 saturated carbocycles. The van der Waals surface area contributed by atoms with E-state index in [9.17, 15) is 9.18 Å². The molecule has 1 rings (SSSR count). The second-order valence-electron chi connectivity index (χ2n) is 5.32. The van der Waals surface area contributed by atoms with Crippen molar-refractivity contribution in [2.24, 2.45) is 11.8 Å². The highest BCUT2D eigenvalue weighted by Crippen LogP contribution is 2.23. The van der Waals surface area contributed by atoms with Gasteiger partial charge in [0.1, 0.15) is 11.8 Å². The zero-order chi connectivity index (χ0) is 13.1. The van der Waals surface area contributed by atoms with Crippen LogP contribution < -0.4 is 5.90 Å². The lowest BCUT2D eigenvalue weighted by Crippen LogP contribution is -2.36. The summed E-state index contributed by atoms with van der Waals surface area (Å²) >= 11 is 0. The van der Waals surface area contributed by atoms with E-state index in [-0.39, 0.29) is 18.6 Å². The van der Waals surface area contributed by atoms with E-state index in [0.717, 1.165) is 0 Å². The summed E-state index contributed by atoms with van der Waals surface area (Å²) < 4.78 is 18.7. The van der Waals surface area contributed by atoms with Crippen molar-refractivity contribution in [3.05, 3.63) is 0 Å². The summed E-state index contributed by atoms with van der Waals surface area (Å²) in [5.41, 5.74) is -0.523. The van der Waals surface area contributed by atoms with Crippen LogP contribution in [0.3, 0.4) is 0 Å². The Morgan fingerprint density at radius 2 is 2.24 bits per heavy atom. The van der Waals surface area contributed by atoms with Gasteiger partial charge < -0.3 is 14.5 Å². The number of ether oxygens (including phenoxy) is 1. The predicted molar refractivity (Wildman–Crippen MR) is 60.9 cm³/mol. The monoisotopic (exact) mass is 248 g/mol. The van der Waals surface area contributed by atoms with Crippen LogP contribution >= 0.6 is 0 Å². The molecule has 2 unspecified atom stereocenters. The largest absolute Gasteiger partial charge is 0.444 e. The molecule has 1 aliphatic rings. The minimum Gasteiger partial charge on any atom is -0.444 e. The standard InChI is InChI=1S/C11H21FN2O3/c1-11(2,3)17-10(15)14-5-4-8(6-14)9(12)7-16-13/h8-9H,4-7,13H2,1-3H3. The fraction of sp³-hybridized carbons (Fsp3) is 0.909. The Balaban J connectivity index is 2.42. The molecule has 2 atom stereocenters. The van der Waals surface area contributed by atoms with Crippen molar-refractivity contribution in [1.29, 1.82) is 0 Å². The smallest absolute Gasteiger partial charge is 0.410 e. The van der Waals surface area contributed by atoms with Gasteiger partial charge in [0.2, 0.25) is 0 Å². The van der Waals surface area contributed by atoms with Crippen molar-refractivity contribution in [1.82, 2.24) is 4.90 Å². The van der Waals surface area contributed by atoms with E-state index in [1.807, 2.05) is 0 Å². The van der Waals surface area contributed by atoms with Gasteiger partial charge in [-0.05, 0) is 27.2 Å². The summed E-state index contributed by atoms with van der Waals surface area (Å²) in [6, 6.07) is 0. The maximum atomic E-state index is 13.5. The number of halogens is 1. The molecule has 2 N–H and O–H groups in total. The third kappa shape index (κ3) is 4.47. The summed E-state index contributed by atoms with van der Waals surface area (Å²) in [7, 11) is 0. The quantitative estimate of drug-likeness (QED) is 0.768. The number of carbonyl (C=O) groups excluding carboxylic acids is 1. The van der Waals surface area contributed by atoms with Crippen molar-refractivity contribution in [2.45, 2.75) is 39.0 Å². The van der Waals surface area contributed by atoms with Crippen LogP contribution in [0.15, 0.2) is 0 Å². The van der Waals surface area contributed by atoms with Crippen molar-refractivity contribution in [3.8, 4) is 0 Å². The Bertz CT molecular complexity index is 268. The van der Waals surface area contributed by atoms with Crippen LogP contribution in [0.1, 0.15) is 27.2 Å². The molecule has 0 aromatic rings. The molecule has 1 aliphatic heterocycles. The number of nitrogens with zero attached hydrogens (tertiary/aromatic N) is 1. The first-order chi connectivity index (χ1) is 7.83. The minimum absolute atomic E-state index is 0.132. The zero-order valence-electron chi connectivity index (χ0n) is 10.6. The molecular formula is C11H21FN2O3. The summed E-state index contributed by atoms with van der Waals surface area (Å²) in [5, 5.41) is 0. The number of nitrogens with two attached hydrogens (primary N) is 1. The van der Waals surface area contributed by atoms with Gasteiger partial charge in [0.05, 0.1) is 6.61 Å². The molecule has 1 fully saturated rings. The van der Waals surface area contributed by atoms with Gasteiger partial charge in [-0.15, -0.1) is 0 Å². The lowest BCUT2D eigenvalue weighted by molar-refractivity contribution is 0.0254. The SMILES string of the molecule is CC(C)(C)OC(=O)N1CCC(C(F)CON)C1. The first-order valence-corrected chi connectivity index (χ1v) is 5.77. The lowest BCUT2D eigenvalue weighted by atomic mass is 10.0. The van der Waals surface area contributed by atoms with Crippen LogP contribution in [0.25, 0.3) is 0 Å². The van der Waals surface area contributed by atoms with Gasteiger partial charge in [0.25, 0.3) is 0 Å². The first-order valence-electron chi connectivity index (χ1n) is 5.77. The van der Waals surface area contributed by atoms with Crippen molar-refractivity contribution >= 4 is 6.09 Å². The van der Waals surface area contributed by atoms with Gasteiger partial charge in [-0.3, -0.25) is 0 Å². The zero-order valence-corrected chi connectivity index (χ0v) is 10.6. The van der Waals surface area contributed by atoms with Gasteiger partial charge in [0.15, 0.2) is 0 Å². The average molecular weight is 248 g/mol. The van der Waals surface area contributed by atoms with Gasteiger partial charge >= 0.3 is 6.09 Å². The van der Waals surface area contributed by atoms with Crippen molar-refractivity contribution in [2.75, 3.05) is 19.7 Å². The Hall–Kier alpha value is -0.880. The minimum atomic E-state index is -1.13. The molecule has 17 heavy (non-hydrogen) atoms. The average Bonchev–Trinajstić information content (AvgIpc) is 2.63. The summed E-state index contributed by atoms with van der Waals surface area (Å²) in [6.07, 6.45) is -0.905. The number of likely N-dealkylation sites (tertiary alicyclic amines) is 1. The van der Waals surface area contributed by atoms with Crippen LogP contribution in [0, 0.1) is 5.92 Å². The maximum Gasteiger partial charge on any atom is 0.410 e. The highest BCUT2D eigenvalue weighted by molar-refractivity contribution is 5.68. The number of amides is 1. The van der Waals surface area contributed by atoms with E-state index in [2.05, 4.69) is 4.84 Å². The van der Waals surface area contributed by atoms with E-state index in [1.54, 1.807) is 20.8 Å². The summed E-state index contributed by atoms with van der Waals surface area (Å²) in [4.78, 5) is 17.5. The van der Waals surface area contributed by atoms with Crippen LogP contribution in [-0.2, 0) is 9.57 Å². The fourth-order valence-electron chi connectivity index (χ4n) is 1.80. The molecule has 100 valence electrons. The number of carbonyl (C=O) groups is 1. The van der Waals surface area contributed by atoms with Crippen LogP contribution in [0.2, 0.25) is 0 Å². The number of hydrogen-bond donors (Lipinski definition) is 1. The molecule has 0 bridgehead atoms. The van der Waals surface area contributed by atoms with Crippen LogP contribution in [0.4, 0.5) is 9.18 Å². The molecule has 5 nitrogen and oxygen atoms in total. The maximum absolute atomic E-state index is 13.5. The predicted octanol–water partition coefficient (Wildman–Crippen LogP) is 1.47. The molecule has 0 aliphatic carbocycles. The Labute approximate surface area is 101 Å². The number of hydrogen-bond acceptors (Lipinski definition) is 4. The Morgan fingerprint density at radius 3 is 2.76 bits per heavy atom. The molecule has 0 aromatic heterocycles. The van der Waals surface area contributed by atoms with E-state index in [0.29, 0.717) is 19.5 Å². The van der Waals surface area contributed by atoms with Crippen molar-refractivity contribution in [3.63, 3.8) is 0 Å². The summed E-state index contributed by atoms with van der Waals surface area (Å²) in [6.45, 7) is 6.16. The Morgan fingerprint density at radius 1 is 1.59 bits per heavy atom. The highest BCUT2D eigenvalue weighted by atomic mass is 19.1. The van der Waals surface area contributed by atoms with Gasteiger partial charge in [0, 0.05) is 19.0 Å². The molecule has 1 saturated heterocycles. The van der Waals surface area contributed by atoms with Crippen LogP contribution in [-0.4, -0.2) is 42.5 Å². The van der Waals surface area contributed by atoms with Crippen LogP contribution in [0.5, 0.6) is 0 Å². The van der Waals surface area contributed by atoms with E-state index < -0.39 is 11.8 Å². The molecule has 6 heteroatoms. The van der Waals surface area contributed by atoms with Gasteiger partial charge in [-0.2, -0.15) is 0 Å². The molecule has 0 radical (unpaired) electrons. The fourth-order valence-corrected chi connectivity index (χ4v) is 1.80. The molecule has 0 spiro atoms. The lowest BCUT2D eigenvalue weighted by Gasteiger charge is -2.24. The van der Waals surface area contributed by atoms with Gasteiger partial charge in [-0.1, -0.05) is 0 Å². The van der Waals surface area contributed by atoms with E-state index in [1.165, 1.54) is 4.90 Å². The second kappa shape index (κ2) is 5.64. The molecule has 1 amide bonds. The third-order valence-corrected chi connectivity index (χ3v) is 2.64. The normalized spacial score (nSPS) is 22.6. The van der Waals surface area contributed by atoms with Gasteiger partial charge in [-0.25, -0.2) is 15.1 Å². The summed E-state index contributed by atoms with van der Waals surface area (Å²) in [5.74, 6) is 4.61. The number of rotatable bonds is 3. The second-order valence-corrected chi connectivity index (χ2v) is 5.32. The highest BCUT2D eigenvalue weighted by Gasteiger charge is 2.34. The topological polar surface area (TPSA) is 64.8 Å². The molecule has 0 aromatic carbocycles. The first kappa shape index (κ1) is 14.2. The number of alkyl halides is 1. The Kier molecular flexibility index (Phi) is 4.70. The van der Waals surface area contributed by atoms with Crippen molar-refractivity contribution < 1.29 is 18.8 Å². The third-order valence-electron chi connectivity index (χ3n) is 2.64.